The van der Waals surface area contributed by atoms with Crippen molar-refractivity contribution in [2.75, 3.05) is 20.0 Å². The SMILES string of the molecule is COc1ccc([C@H]2C3=C(CC(C)(C)CC3=O)N=C(SCC(C)C)C2C#N)cc1OC. The predicted molar refractivity (Wildman–Crippen MR) is 121 cm³/mol. The Labute approximate surface area is 183 Å². The second kappa shape index (κ2) is 8.85. The van der Waals surface area contributed by atoms with Crippen LogP contribution < -0.4 is 9.47 Å². The number of thioether (sulfide) groups is 1. The highest BCUT2D eigenvalue weighted by Gasteiger charge is 2.44. The Bertz CT molecular complexity index is 940. The van der Waals surface area contributed by atoms with E-state index in [9.17, 15) is 10.1 Å². The number of allylic oxidation sites excluding steroid dienone is 2. The zero-order valence-electron chi connectivity index (χ0n) is 18.6. The molecule has 5 nitrogen and oxygen atoms in total. The lowest BCUT2D eigenvalue weighted by atomic mass is 9.68. The molecule has 0 aromatic heterocycles. The van der Waals surface area contributed by atoms with Crippen molar-refractivity contribution >= 4 is 22.6 Å². The summed E-state index contributed by atoms with van der Waals surface area (Å²) < 4.78 is 10.9. The summed E-state index contributed by atoms with van der Waals surface area (Å²) in [5.74, 6) is 1.84. The average Bonchev–Trinajstić information content (AvgIpc) is 2.69. The molecule has 1 aliphatic carbocycles. The van der Waals surface area contributed by atoms with E-state index in [1.807, 2.05) is 18.2 Å². The van der Waals surface area contributed by atoms with E-state index in [2.05, 4.69) is 33.8 Å². The van der Waals surface area contributed by atoms with Gasteiger partial charge in [0.2, 0.25) is 0 Å². The van der Waals surface area contributed by atoms with Gasteiger partial charge >= 0.3 is 0 Å². The molecule has 2 aliphatic rings. The maximum atomic E-state index is 13.2. The normalized spacial score (nSPS) is 23.0. The third-order valence-electron chi connectivity index (χ3n) is 5.52. The van der Waals surface area contributed by atoms with Gasteiger partial charge in [-0.1, -0.05) is 33.8 Å². The maximum absolute atomic E-state index is 13.2. The minimum absolute atomic E-state index is 0.0953. The summed E-state index contributed by atoms with van der Waals surface area (Å²) in [6, 6.07) is 8.12. The van der Waals surface area contributed by atoms with Crippen molar-refractivity contribution in [2.45, 2.75) is 46.5 Å². The van der Waals surface area contributed by atoms with Crippen LogP contribution in [0.2, 0.25) is 0 Å². The van der Waals surface area contributed by atoms with Crippen LogP contribution in [-0.4, -0.2) is 30.8 Å². The Morgan fingerprint density at radius 2 is 1.93 bits per heavy atom. The molecule has 2 atom stereocenters. The summed E-state index contributed by atoms with van der Waals surface area (Å²) in [6.07, 6.45) is 1.21. The van der Waals surface area contributed by atoms with Crippen LogP contribution in [0.3, 0.4) is 0 Å². The Morgan fingerprint density at radius 3 is 2.53 bits per heavy atom. The number of nitriles is 1. The molecule has 6 heteroatoms. The summed E-state index contributed by atoms with van der Waals surface area (Å²) in [5, 5.41) is 10.9. The maximum Gasteiger partial charge on any atom is 0.161 e. The van der Waals surface area contributed by atoms with Crippen molar-refractivity contribution in [1.29, 1.82) is 5.26 Å². The summed E-state index contributed by atoms with van der Waals surface area (Å²) in [4.78, 5) is 18.1. The number of carbonyl (C=O) groups excluding carboxylic acids is 1. The number of carbonyl (C=O) groups is 1. The zero-order valence-corrected chi connectivity index (χ0v) is 19.4. The van der Waals surface area contributed by atoms with E-state index in [1.54, 1.807) is 26.0 Å². The van der Waals surface area contributed by atoms with E-state index in [-0.39, 0.29) is 17.1 Å². The fraction of sp³-hybridized carbons (Fsp3) is 0.542. The molecule has 1 aromatic rings. The van der Waals surface area contributed by atoms with Crippen LogP contribution in [0.1, 0.15) is 52.0 Å². The van der Waals surface area contributed by atoms with Gasteiger partial charge < -0.3 is 9.47 Å². The van der Waals surface area contributed by atoms with Gasteiger partial charge in [0.25, 0.3) is 0 Å². The zero-order chi connectivity index (χ0) is 22.1. The second-order valence-corrected chi connectivity index (χ2v) is 10.2. The van der Waals surface area contributed by atoms with Crippen molar-refractivity contribution in [1.82, 2.24) is 0 Å². The van der Waals surface area contributed by atoms with E-state index in [0.29, 0.717) is 29.4 Å². The third kappa shape index (κ3) is 4.41. The van der Waals surface area contributed by atoms with E-state index in [4.69, 9.17) is 14.5 Å². The number of rotatable bonds is 5. The number of methoxy groups -OCH3 is 2. The van der Waals surface area contributed by atoms with Crippen LogP contribution in [0.4, 0.5) is 0 Å². The van der Waals surface area contributed by atoms with Gasteiger partial charge in [-0.2, -0.15) is 5.26 Å². The molecule has 1 unspecified atom stereocenters. The third-order valence-corrected chi connectivity index (χ3v) is 7.00. The summed E-state index contributed by atoms with van der Waals surface area (Å²) in [6.45, 7) is 8.52. The molecule has 160 valence electrons. The van der Waals surface area contributed by atoms with E-state index < -0.39 is 5.92 Å². The highest BCUT2D eigenvalue weighted by Crippen LogP contribution is 2.49. The lowest BCUT2D eigenvalue weighted by molar-refractivity contribution is -0.118. The standard InChI is InChI=1S/C24H30N2O3S/c1-14(2)13-30-23-16(12-25)21(15-7-8-19(28-5)20(9-15)29-6)22-17(26-23)10-24(3,4)11-18(22)27/h7-9,14,16,21H,10-11,13H2,1-6H3/t16?,21-/m1/s1. The van der Waals surface area contributed by atoms with Crippen LogP contribution in [0, 0.1) is 28.6 Å². The van der Waals surface area contributed by atoms with Crippen molar-refractivity contribution in [3.05, 3.63) is 35.0 Å². The van der Waals surface area contributed by atoms with Crippen molar-refractivity contribution in [2.24, 2.45) is 22.2 Å². The number of benzene rings is 1. The molecule has 1 heterocycles. The lowest BCUT2D eigenvalue weighted by Gasteiger charge is -2.38. The van der Waals surface area contributed by atoms with Crippen LogP contribution >= 0.6 is 11.8 Å². The Morgan fingerprint density at radius 1 is 1.23 bits per heavy atom. The lowest BCUT2D eigenvalue weighted by Crippen LogP contribution is -2.35. The van der Waals surface area contributed by atoms with Gasteiger partial charge in [0, 0.05) is 29.4 Å². The molecule has 1 aromatic carbocycles. The molecule has 0 saturated carbocycles. The number of nitrogens with zero attached hydrogens (tertiary/aromatic N) is 2. The molecule has 0 spiro atoms. The number of ketones is 1. The Balaban J connectivity index is 2.16. The predicted octanol–water partition coefficient (Wildman–Crippen LogP) is 5.37. The Kier molecular flexibility index (Phi) is 6.62. The van der Waals surface area contributed by atoms with Crippen LogP contribution in [0.15, 0.2) is 34.5 Å². The molecule has 3 rings (SSSR count). The Hall–Kier alpha value is -2.26. The molecule has 0 amide bonds. The van der Waals surface area contributed by atoms with Gasteiger partial charge in [0.1, 0.15) is 5.92 Å². The summed E-state index contributed by atoms with van der Waals surface area (Å²) >= 11 is 1.64. The van der Waals surface area contributed by atoms with Gasteiger partial charge in [-0.05, 0) is 35.4 Å². The first kappa shape index (κ1) is 22.4. The van der Waals surface area contributed by atoms with Crippen molar-refractivity contribution in [3.8, 4) is 17.6 Å². The highest BCUT2D eigenvalue weighted by atomic mass is 32.2. The molecule has 0 saturated heterocycles. The van der Waals surface area contributed by atoms with E-state index in [0.717, 1.165) is 28.5 Å². The molecule has 0 fully saturated rings. The number of ether oxygens (including phenoxy) is 2. The minimum Gasteiger partial charge on any atom is -0.493 e. The largest absolute Gasteiger partial charge is 0.493 e. The quantitative estimate of drug-likeness (QED) is 0.633. The fourth-order valence-electron chi connectivity index (χ4n) is 4.18. The highest BCUT2D eigenvalue weighted by molar-refractivity contribution is 8.14. The van der Waals surface area contributed by atoms with Crippen molar-refractivity contribution < 1.29 is 14.3 Å². The topological polar surface area (TPSA) is 71.7 Å². The first-order valence-corrected chi connectivity index (χ1v) is 11.3. The number of Topliss-reactive ketones (excluding diaryl/α,β-unsaturated/α-hetero) is 1. The first-order valence-electron chi connectivity index (χ1n) is 10.3. The van der Waals surface area contributed by atoms with E-state index >= 15 is 0 Å². The van der Waals surface area contributed by atoms with Crippen molar-refractivity contribution in [3.63, 3.8) is 0 Å². The molecular formula is C24H30N2O3S. The smallest absolute Gasteiger partial charge is 0.161 e. The van der Waals surface area contributed by atoms with Gasteiger partial charge in [-0.3, -0.25) is 4.79 Å². The second-order valence-electron chi connectivity index (χ2n) is 9.16. The van der Waals surface area contributed by atoms with Gasteiger partial charge in [0.15, 0.2) is 17.3 Å². The van der Waals surface area contributed by atoms with Gasteiger partial charge in [0.05, 0.1) is 25.3 Å². The number of hydrogen-bond acceptors (Lipinski definition) is 6. The van der Waals surface area contributed by atoms with Crippen LogP contribution in [0.25, 0.3) is 0 Å². The number of hydrogen-bond donors (Lipinski definition) is 0. The molecule has 0 bridgehead atoms. The summed E-state index contributed by atoms with van der Waals surface area (Å²) in [5.41, 5.74) is 2.29. The molecule has 1 aliphatic heterocycles. The fourth-order valence-corrected chi connectivity index (χ4v) is 5.22. The monoisotopic (exact) mass is 426 g/mol. The minimum atomic E-state index is -0.490. The molecule has 0 radical (unpaired) electrons. The van der Waals surface area contributed by atoms with Crippen LogP contribution in [-0.2, 0) is 4.79 Å². The first-order chi connectivity index (χ1) is 14.2. The molecular weight excluding hydrogens is 396 g/mol. The van der Waals surface area contributed by atoms with Gasteiger partial charge in [-0.25, -0.2) is 4.99 Å². The number of aliphatic imine (C=N–C) groups is 1. The van der Waals surface area contributed by atoms with Gasteiger partial charge in [-0.15, -0.1) is 11.8 Å². The summed E-state index contributed by atoms with van der Waals surface area (Å²) in [7, 11) is 3.19. The molecule has 0 N–H and O–H groups in total. The molecule has 30 heavy (non-hydrogen) atoms. The van der Waals surface area contributed by atoms with E-state index in [1.165, 1.54) is 0 Å². The average molecular weight is 427 g/mol. The van der Waals surface area contributed by atoms with Crippen LogP contribution in [0.5, 0.6) is 11.5 Å².